The SMILES string of the molecule is N[C@H]1CCCN(Cc2cc(Cl)ccc2Cl)C1. The van der Waals surface area contributed by atoms with E-state index in [2.05, 4.69) is 4.90 Å². The summed E-state index contributed by atoms with van der Waals surface area (Å²) in [5.41, 5.74) is 7.03. The maximum Gasteiger partial charge on any atom is 0.0452 e. The minimum atomic E-state index is 0.298. The summed E-state index contributed by atoms with van der Waals surface area (Å²) >= 11 is 12.1. The van der Waals surface area contributed by atoms with Crippen molar-refractivity contribution >= 4 is 23.2 Å². The van der Waals surface area contributed by atoms with Crippen LogP contribution in [0.4, 0.5) is 0 Å². The van der Waals surface area contributed by atoms with Crippen molar-refractivity contribution in [2.75, 3.05) is 13.1 Å². The number of nitrogens with two attached hydrogens (primary N) is 1. The standard InChI is InChI=1S/C12H16Cl2N2/c13-10-3-4-12(14)9(6-10)7-16-5-1-2-11(15)8-16/h3-4,6,11H,1-2,5,7-8,15H2/t11-/m0/s1. The van der Waals surface area contributed by atoms with Crippen molar-refractivity contribution in [2.45, 2.75) is 25.4 Å². The maximum absolute atomic E-state index is 6.14. The van der Waals surface area contributed by atoms with Gasteiger partial charge in [-0.3, -0.25) is 4.90 Å². The van der Waals surface area contributed by atoms with E-state index in [9.17, 15) is 0 Å². The Bertz CT molecular complexity index is 368. The Labute approximate surface area is 106 Å². The molecule has 0 aromatic heterocycles. The highest BCUT2D eigenvalue weighted by atomic mass is 35.5. The third-order valence-electron chi connectivity index (χ3n) is 2.94. The fraction of sp³-hybridized carbons (Fsp3) is 0.500. The van der Waals surface area contributed by atoms with Gasteiger partial charge in [-0.15, -0.1) is 0 Å². The fourth-order valence-corrected chi connectivity index (χ4v) is 2.51. The second-order valence-electron chi connectivity index (χ2n) is 4.37. The van der Waals surface area contributed by atoms with Crippen molar-refractivity contribution in [3.05, 3.63) is 33.8 Å². The molecule has 0 spiro atoms. The van der Waals surface area contributed by atoms with Gasteiger partial charge >= 0.3 is 0 Å². The van der Waals surface area contributed by atoms with Gasteiger partial charge in [0, 0.05) is 29.2 Å². The molecule has 16 heavy (non-hydrogen) atoms. The summed E-state index contributed by atoms with van der Waals surface area (Å²) in [5.74, 6) is 0. The summed E-state index contributed by atoms with van der Waals surface area (Å²) in [6.45, 7) is 2.88. The minimum absolute atomic E-state index is 0.298. The van der Waals surface area contributed by atoms with Gasteiger partial charge in [-0.2, -0.15) is 0 Å². The Morgan fingerprint density at radius 3 is 2.94 bits per heavy atom. The van der Waals surface area contributed by atoms with E-state index in [0.717, 1.165) is 41.7 Å². The first-order chi connectivity index (χ1) is 7.65. The smallest absolute Gasteiger partial charge is 0.0452 e. The van der Waals surface area contributed by atoms with Crippen LogP contribution in [-0.4, -0.2) is 24.0 Å². The van der Waals surface area contributed by atoms with Crippen LogP contribution >= 0.6 is 23.2 Å². The predicted molar refractivity (Wildman–Crippen MR) is 68.9 cm³/mol. The number of benzene rings is 1. The Kier molecular flexibility index (Phi) is 4.09. The number of hydrogen-bond acceptors (Lipinski definition) is 2. The van der Waals surface area contributed by atoms with E-state index in [-0.39, 0.29) is 0 Å². The zero-order chi connectivity index (χ0) is 11.5. The first-order valence-electron chi connectivity index (χ1n) is 5.57. The molecule has 0 radical (unpaired) electrons. The molecule has 0 unspecified atom stereocenters. The van der Waals surface area contributed by atoms with Crippen LogP contribution in [0.3, 0.4) is 0 Å². The van der Waals surface area contributed by atoms with Crippen molar-refractivity contribution < 1.29 is 0 Å². The molecular weight excluding hydrogens is 243 g/mol. The second-order valence-corrected chi connectivity index (χ2v) is 5.22. The Hall–Kier alpha value is -0.280. The van der Waals surface area contributed by atoms with Crippen molar-refractivity contribution in [1.29, 1.82) is 0 Å². The van der Waals surface area contributed by atoms with Gasteiger partial charge in [0.15, 0.2) is 0 Å². The minimum Gasteiger partial charge on any atom is -0.327 e. The van der Waals surface area contributed by atoms with Crippen LogP contribution in [0.5, 0.6) is 0 Å². The zero-order valence-electron chi connectivity index (χ0n) is 9.13. The van der Waals surface area contributed by atoms with Gasteiger partial charge in [-0.25, -0.2) is 0 Å². The first-order valence-corrected chi connectivity index (χ1v) is 6.32. The molecule has 1 fully saturated rings. The number of nitrogens with zero attached hydrogens (tertiary/aromatic N) is 1. The molecule has 1 saturated heterocycles. The summed E-state index contributed by atoms with van der Waals surface area (Å²) in [7, 11) is 0. The molecular formula is C12H16Cl2N2. The van der Waals surface area contributed by atoms with Crippen LogP contribution in [-0.2, 0) is 6.54 Å². The highest BCUT2D eigenvalue weighted by Gasteiger charge is 2.17. The van der Waals surface area contributed by atoms with Gasteiger partial charge in [0.25, 0.3) is 0 Å². The molecule has 0 bridgehead atoms. The van der Waals surface area contributed by atoms with E-state index in [1.165, 1.54) is 6.42 Å². The number of hydrogen-bond donors (Lipinski definition) is 1. The molecule has 1 aromatic carbocycles. The Morgan fingerprint density at radius 1 is 1.38 bits per heavy atom. The summed E-state index contributed by atoms with van der Waals surface area (Å²) < 4.78 is 0. The fourth-order valence-electron chi connectivity index (χ4n) is 2.14. The molecule has 1 aromatic rings. The lowest BCUT2D eigenvalue weighted by Gasteiger charge is -2.30. The van der Waals surface area contributed by atoms with Crippen LogP contribution in [0.2, 0.25) is 10.0 Å². The topological polar surface area (TPSA) is 29.3 Å². The summed E-state index contributed by atoms with van der Waals surface area (Å²) in [6, 6.07) is 5.90. The molecule has 2 rings (SSSR count). The van der Waals surface area contributed by atoms with Crippen LogP contribution in [0.1, 0.15) is 18.4 Å². The molecule has 0 aliphatic carbocycles. The zero-order valence-corrected chi connectivity index (χ0v) is 10.6. The lowest BCUT2D eigenvalue weighted by molar-refractivity contribution is 0.201. The van der Waals surface area contributed by atoms with Gasteiger partial charge in [0.1, 0.15) is 0 Å². The number of piperidine rings is 1. The summed E-state index contributed by atoms with van der Waals surface area (Å²) in [5, 5.41) is 1.52. The van der Waals surface area contributed by atoms with Crippen molar-refractivity contribution in [1.82, 2.24) is 4.90 Å². The highest BCUT2D eigenvalue weighted by Crippen LogP contribution is 2.23. The normalized spacial score (nSPS) is 22.3. The lowest BCUT2D eigenvalue weighted by atomic mass is 10.1. The van der Waals surface area contributed by atoms with Crippen LogP contribution < -0.4 is 5.73 Å². The molecule has 2 N–H and O–H groups in total. The Morgan fingerprint density at radius 2 is 2.19 bits per heavy atom. The quantitative estimate of drug-likeness (QED) is 0.884. The molecule has 0 amide bonds. The van der Waals surface area contributed by atoms with Crippen LogP contribution in [0.15, 0.2) is 18.2 Å². The largest absolute Gasteiger partial charge is 0.327 e. The number of likely N-dealkylation sites (tertiary alicyclic amines) is 1. The summed E-state index contributed by atoms with van der Waals surface area (Å²) in [4.78, 5) is 2.34. The lowest BCUT2D eigenvalue weighted by Crippen LogP contribution is -2.42. The molecule has 1 aliphatic rings. The average molecular weight is 259 g/mol. The van der Waals surface area contributed by atoms with Crippen molar-refractivity contribution in [2.24, 2.45) is 5.73 Å². The average Bonchev–Trinajstić information content (AvgIpc) is 2.24. The molecule has 88 valence electrons. The van der Waals surface area contributed by atoms with E-state index in [4.69, 9.17) is 28.9 Å². The number of halogens is 2. The monoisotopic (exact) mass is 258 g/mol. The van der Waals surface area contributed by atoms with Gasteiger partial charge in [0.2, 0.25) is 0 Å². The van der Waals surface area contributed by atoms with Gasteiger partial charge in [-0.1, -0.05) is 23.2 Å². The predicted octanol–water partition coefficient (Wildman–Crippen LogP) is 2.92. The third kappa shape index (κ3) is 3.11. The van der Waals surface area contributed by atoms with E-state index in [1.807, 2.05) is 18.2 Å². The van der Waals surface area contributed by atoms with Crippen molar-refractivity contribution in [3.8, 4) is 0 Å². The third-order valence-corrected chi connectivity index (χ3v) is 3.55. The molecule has 1 aliphatic heterocycles. The maximum atomic E-state index is 6.14. The Balaban J connectivity index is 2.05. The van der Waals surface area contributed by atoms with Crippen LogP contribution in [0.25, 0.3) is 0 Å². The van der Waals surface area contributed by atoms with Crippen molar-refractivity contribution in [3.63, 3.8) is 0 Å². The van der Waals surface area contributed by atoms with Crippen LogP contribution in [0, 0.1) is 0 Å². The molecule has 0 saturated carbocycles. The summed E-state index contributed by atoms with van der Waals surface area (Å²) in [6.07, 6.45) is 2.29. The van der Waals surface area contributed by atoms with Gasteiger partial charge in [-0.05, 0) is 43.1 Å². The van der Waals surface area contributed by atoms with E-state index in [0.29, 0.717) is 6.04 Å². The molecule has 1 atom stereocenters. The number of rotatable bonds is 2. The van der Waals surface area contributed by atoms with E-state index in [1.54, 1.807) is 0 Å². The van der Waals surface area contributed by atoms with E-state index >= 15 is 0 Å². The first kappa shape index (κ1) is 12.2. The second kappa shape index (κ2) is 5.37. The molecule has 2 nitrogen and oxygen atoms in total. The molecule has 4 heteroatoms. The van der Waals surface area contributed by atoms with Gasteiger partial charge in [0.05, 0.1) is 0 Å². The molecule has 1 heterocycles. The van der Waals surface area contributed by atoms with E-state index < -0.39 is 0 Å². The van der Waals surface area contributed by atoms with Gasteiger partial charge < -0.3 is 5.73 Å². The highest BCUT2D eigenvalue weighted by molar-refractivity contribution is 6.33.